The molecule has 18 heavy (non-hydrogen) atoms. The summed E-state index contributed by atoms with van der Waals surface area (Å²) < 4.78 is 5.14. The molecule has 1 heterocycles. The molecule has 0 bridgehead atoms. The highest BCUT2D eigenvalue weighted by molar-refractivity contribution is 5.99. The number of phenolic OH excluding ortho intramolecular Hbond substituents is 1. The second kappa shape index (κ2) is 4.21. The quantitative estimate of drug-likeness (QED) is 0.725. The van der Waals surface area contributed by atoms with Crippen molar-refractivity contribution in [3.63, 3.8) is 0 Å². The number of phenols is 1. The van der Waals surface area contributed by atoms with Crippen LogP contribution in [0.4, 0.5) is 10.5 Å². The van der Waals surface area contributed by atoms with Crippen molar-refractivity contribution in [3.05, 3.63) is 18.3 Å². The summed E-state index contributed by atoms with van der Waals surface area (Å²) in [6, 6.07) is 2.98. The summed E-state index contributed by atoms with van der Waals surface area (Å²) in [4.78, 5) is 11.7. The first-order valence-electron chi connectivity index (χ1n) is 5.51. The van der Waals surface area contributed by atoms with Crippen LogP contribution in [-0.2, 0) is 4.74 Å². The van der Waals surface area contributed by atoms with E-state index in [2.05, 4.69) is 15.5 Å². The predicted octanol–water partition coefficient (Wildman–Crippen LogP) is 2.62. The number of anilines is 1. The fourth-order valence-electron chi connectivity index (χ4n) is 1.55. The Kier molecular flexibility index (Phi) is 2.86. The van der Waals surface area contributed by atoms with Gasteiger partial charge >= 0.3 is 6.09 Å². The second-order valence-corrected chi connectivity index (χ2v) is 4.95. The van der Waals surface area contributed by atoms with Crippen LogP contribution in [-0.4, -0.2) is 27.0 Å². The number of hydrogen-bond acceptors (Lipinski definition) is 4. The molecule has 2 aromatic rings. The number of carbonyl (C=O) groups is 1. The van der Waals surface area contributed by atoms with Crippen LogP contribution < -0.4 is 5.32 Å². The van der Waals surface area contributed by atoms with Crippen molar-refractivity contribution in [2.24, 2.45) is 0 Å². The number of ether oxygens (including phenoxy) is 1. The van der Waals surface area contributed by atoms with Crippen LogP contribution in [0.5, 0.6) is 5.75 Å². The van der Waals surface area contributed by atoms with Crippen molar-refractivity contribution < 1.29 is 14.6 Å². The monoisotopic (exact) mass is 249 g/mol. The van der Waals surface area contributed by atoms with Crippen LogP contribution in [0.2, 0.25) is 0 Å². The van der Waals surface area contributed by atoms with E-state index >= 15 is 0 Å². The highest BCUT2D eigenvalue weighted by atomic mass is 16.6. The van der Waals surface area contributed by atoms with E-state index in [0.717, 1.165) is 0 Å². The van der Waals surface area contributed by atoms with Gasteiger partial charge in [-0.15, -0.1) is 0 Å². The third-order valence-electron chi connectivity index (χ3n) is 2.18. The summed E-state index contributed by atoms with van der Waals surface area (Å²) in [7, 11) is 0. The Balaban J connectivity index is 2.26. The number of H-pyrrole nitrogens is 1. The maximum atomic E-state index is 11.7. The van der Waals surface area contributed by atoms with E-state index in [1.807, 2.05) is 0 Å². The summed E-state index contributed by atoms with van der Waals surface area (Å²) in [6.45, 7) is 5.34. The third kappa shape index (κ3) is 2.71. The number of benzene rings is 1. The van der Waals surface area contributed by atoms with Crippen molar-refractivity contribution in [1.29, 1.82) is 0 Å². The molecule has 0 saturated carbocycles. The van der Waals surface area contributed by atoms with Gasteiger partial charge in [0.05, 0.1) is 17.4 Å². The molecule has 0 aliphatic heterocycles. The summed E-state index contributed by atoms with van der Waals surface area (Å²) in [5.74, 6) is 0.0396. The highest BCUT2D eigenvalue weighted by Crippen LogP contribution is 2.27. The van der Waals surface area contributed by atoms with Crippen molar-refractivity contribution in [2.45, 2.75) is 26.4 Å². The van der Waals surface area contributed by atoms with E-state index in [0.29, 0.717) is 16.6 Å². The molecule has 0 fully saturated rings. The number of fused-ring (bicyclic) bond motifs is 1. The fourth-order valence-corrected chi connectivity index (χ4v) is 1.55. The smallest absolute Gasteiger partial charge is 0.412 e. The maximum absolute atomic E-state index is 11.7. The van der Waals surface area contributed by atoms with Gasteiger partial charge in [0.1, 0.15) is 11.4 Å². The van der Waals surface area contributed by atoms with Gasteiger partial charge in [-0.1, -0.05) is 0 Å². The van der Waals surface area contributed by atoms with E-state index in [4.69, 9.17) is 4.74 Å². The molecular weight excluding hydrogens is 234 g/mol. The highest BCUT2D eigenvalue weighted by Gasteiger charge is 2.17. The standard InChI is InChI=1S/C12H15N3O3/c1-12(2,3)18-11(17)14-9-4-7(16)5-10-8(9)6-13-15-10/h4-6,16H,1-3H3,(H,13,15)(H,14,17). The van der Waals surface area contributed by atoms with Crippen molar-refractivity contribution in [3.8, 4) is 5.75 Å². The van der Waals surface area contributed by atoms with Gasteiger partial charge in [0.2, 0.25) is 0 Å². The van der Waals surface area contributed by atoms with Gasteiger partial charge < -0.3 is 9.84 Å². The van der Waals surface area contributed by atoms with Gasteiger partial charge in [-0.25, -0.2) is 4.79 Å². The summed E-state index contributed by atoms with van der Waals surface area (Å²) in [6.07, 6.45) is 0.997. The van der Waals surface area contributed by atoms with Gasteiger partial charge in [-0.3, -0.25) is 10.4 Å². The Hall–Kier alpha value is -2.24. The maximum Gasteiger partial charge on any atom is 0.412 e. The van der Waals surface area contributed by atoms with E-state index in [9.17, 15) is 9.90 Å². The summed E-state index contributed by atoms with van der Waals surface area (Å²) >= 11 is 0. The lowest BCUT2D eigenvalue weighted by molar-refractivity contribution is 0.0636. The number of rotatable bonds is 1. The lowest BCUT2D eigenvalue weighted by atomic mass is 10.2. The molecule has 0 aliphatic carbocycles. The molecule has 0 radical (unpaired) electrons. The van der Waals surface area contributed by atoms with Crippen molar-refractivity contribution in [1.82, 2.24) is 10.2 Å². The zero-order valence-corrected chi connectivity index (χ0v) is 10.4. The van der Waals surface area contributed by atoms with Crippen LogP contribution in [0, 0.1) is 0 Å². The minimum Gasteiger partial charge on any atom is -0.508 e. The normalized spacial score (nSPS) is 11.5. The van der Waals surface area contributed by atoms with Gasteiger partial charge in [0.15, 0.2) is 0 Å². The molecule has 6 nitrogen and oxygen atoms in total. The molecule has 1 amide bonds. The van der Waals surface area contributed by atoms with E-state index in [-0.39, 0.29) is 5.75 Å². The molecule has 96 valence electrons. The Morgan fingerprint density at radius 1 is 1.44 bits per heavy atom. The Bertz CT molecular complexity index is 584. The van der Waals surface area contributed by atoms with E-state index in [1.165, 1.54) is 12.1 Å². The van der Waals surface area contributed by atoms with Crippen LogP contribution in [0.15, 0.2) is 18.3 Å². The second-order valence-electron chi connectivity index (χ2n) is 4.95. The van der Waals surface area contributed by atoms with Gasteiger partial charge in [0, 0.05) is 17.5 Å². The topological polar surface area (TPSA) is 87.2 Å². The molecule has 0 unspecified atom stereocenters. The van der Waals surface area contributed by atoms with E-state index in [1.54, 1.807) is 27.0 Å². The average Bonchev–Trinajstić information content (AvgIpc) is 2.61. The fraction of sp³-hybridized carbons (Fsp3) is 0.333. The third-order valence-corrected chi connectivity index (χ3v) is 2.18. The van der Waals surface area contributed by atoms with Gasteiger partial charge in [0.25, 0.3) is 0 Å². The largest absolute Gasteiger partial charge is 0.508 e. The lowest BCUT2D eigenvalue weighted by Crippen LogP contribution is -2.27. The number of nitrogens with one attached hydrogen (secondary N) is 2. The zero-order chi connectivity index (χ0) is 13.3. The summed E-state index contributed by atoms with van der Waals surface area (Å²) in [5.41, 5.74) is 0.519. The molecule has 2 rings (SSSR count). The minimum absolute atomic E-state index is 0.0396. The Morgan fingerprint density at radius 3 is 2.83 bits per heavy atom. The molecular formula is C12H15N3O3. The first kappa shape index (κ1) is 12.2. The number of aromatic amines is 1. The predicted molar refractivity (Wildman–Crippen MR) is 67.6 cm³/mol. The van der Waals surface area contributed by atoms with Crippen LogP contribution >= 0.6 is 0 Å². The van der Waals surface area contributed by atoms with Crippen LogP contribution in [0.25, 0.3) is 10.9 Å². The molecule has 6 heteroatoms. The Morgan fingerprint density at radius 2 is 2.17 bits per heavy atom. The minimum atomic E-state index is -0.574. The average molecular weight is 249 g/mol. The number of hydrogen-bond donors (Lipinski definition) is 3. The Labute approximate surface area is 104 Å². The van der Waals surface area contributed by atoms with Gasteiger partial charge in [-0.2, -0.15) is 5.10 Å². The van der Waals surface area contributed by atoms with E-state index < -0.39 is 11.7 Å². The molecule has 0 saturated heterocycles. The number of aromatic hydroxyl groups is 1. The number of amides is 1. The van der Waals surface area contributed by atoms with Crippen LogP contribution in [0.1, 0.15) is 20.8 Å². The molecule has 0 aliphatic rings. The van der Waals surface area contributed by atoms with Crippen molar-refractivity contribution in [2.75, 3.05) is 5.32 Å². The first-order chi connectivity index (χ1) is 8.35. The lowest BCUT2D eigenvalue weighted by Gasteiger charge is -2.19. The number of nitrogens with zero attached hydrogens (tertiary/aromatic N) is 1. The van der Waals surface area contributed by atoms with Gasteiger partial charge in [-0.05, 0) is 20.8 Å². The number of aromatic nitrogens is 2. The molecule has 1 aromatic heterocycles. The molecule has 3 N–H and O–H groups in total. The molecule has 1 aromatic carbocycles. The van der Waals surface area contributed by atoms with Crippen molar-refractivity contribution >= 4 is 22.7 Å². The van der Waals surface area contributed by atoms with Crippen LogP contribution in [0.3, 0.4) is 0 Å². The SMILES string of the molecule is CC(C)(C)OC(=O)Nc1cc(O)cc2[nH]ncc12. The summed E-state index contributed by atoms with van der Waals surface area (Å²) in [5, 5.41) is 19.4. The first-order valence-corrected chi connectivity index (χ1v) is 5.51. The number of carbonyl (C=O) groups excluding carboxylic acids is 1. The molecule has 0 spiro atoms. The zero-order valence-electron chi connectivity index (χ0n) is 10.4. The molecule has 0 atom stereocenters.